The molecule has 0 aromatic rings. The predicted octanol–water partition coefficient (Wildman–Crippen LogP) is 3.91. The summed E-state index contributed by atoms with van der Waals surface area (Å²) in [4.78, 5) is 19.9. The Morgan fingerprint density at radius 1 is 1.25 bits per heavy atom. The molecular formula is C16H30O4. The van der Waals surface area contributed by atoms with Gasteiger partial charge in [-0.15, -0.1) is 0 Å². The van der Waals surface area contributed by atoms with E-state index in [0.717, 1.165) is 6.42 Å². The van der Waals surface area contributed by atoms with E-state index in [0.29, 0.717) is 18.4 Å². The fourth-order valence-corrected chi connectivity index (χ4v) is 2.45. The van der Waals surface area contributed by atoms with Gasteiger partial charge in [-0.1, -0.05) is 39.8 Å². The van der Waals surface area contributed by atoms with Gasteiger partial charge in [0.15, 0.2) is 0 Å². The molecule has 4 nitrogen and oxygen atoms in total. The summed E-state index contributed by atoms with van der Waals surface area (Å²) in [6.07, 6.45) is 7.92. The van der Waals surface area contributed by atoms with Gasteiger partial charge in [0, 0.05) is 0 Å². The Labute approximate surface area is 123 Å². The first kappa shape index (κ1) is 21.0. The van der Waals surface area contributed by atoms with Gasteiger partial charge in [-0.05, 0) is 38.0 Å². The maximum Gasteiger partial charge on any atom is 0.309 e. The molecule has 0 aromatic heterocycles. The highest BCUT2D eigenvalue weighted by atomic mass is 16.5. The van der Waals surface area contributed by atoms with Gasteiger partial charge < -0.3 is 9.84 Å². The van der Waals surface area contributed by atoms with Crippen molar-refractivity contribution in [3.63, 3.8) is 0 Å². The molecule has 1 fully saturated rings. The number of rotatable bonds is 2. The summed E-state index contributed by atoms with van der Waals surface area (Å²) in [5, 5.41) is 6.89. The third-order valence-corrected chi connectivity index (χ3v) is 3.16. The molecule has 20 heavy (non-hydrogen) atoms. The van der Waals surface area contributed by atoms with Crippen molar-refractivity contribution in [3.8, 4) is 0 Å². The number of hydrogen-bond donors (Lipinski definition) is 1. The third kappa shape index (κ3) is 7.31. The summed E-state index contributed by atoms with van der Waals surface area (Å²) in [6, 6.07) is 0. The van der Waals surface area contributed by atoms with E-state index in [-0.39, 0.29) is 18.4 Å². The molecule has 1 saturated carbocycles. The van der Waals surface area contributed by atoms with Gasteiger partial charge in [-0.2, -0.15) is 0 Å². The zero-order chi connectivity index (χ0) is 16.0. The van der Waals surface area contributed by atoms with Crippen LogP contribution in [0.4, 0.5) is 0 Å². The van der Waals surface area contributed by atoms with Crippen LogP contribution in [0.5, 0.6) is 0 Å². The summed E-state index contributed by atoms with van der Waals surface area (Å²) in [5.41, 5.74) is 0. The summed E-state index contributed by atoms with van der Waals surface area (Å²) >= 11 is 0. The van der Waals surface area contributed by atoms with Crippen LogP contribution in [0.3, 0.4) is 0 Å². The van der Waals surface area contributed by atoms with Crippen LogP contribution in [0.15, 0.2) is 12.2 Å². The van der Waals surface area contributed by atoms with E-state index in [4.69, 9.17) is 14.6 Å². The molecule has 4 heteroatoms. The Kier molecular flexibility index (Phi) is 14.8. The normalized spacial score (nSPS) is 24.8. The molecule has 3 rings (SSSR count). The number of carbonyl (C=O) groups excluding carboxylic acids is 1. The molecule has 0 saturated heterocycles. The Morgan fingerprint density at radius 2 is 1.80 bits per heavy atom. The molecular weight excluding hydrogens is 256 g/mol. The second kappa shape index (κ2) is 14.1. The molecule has 0 aliphatic heterocycles. The Morgan fingerprint density at radius 3 is 2.10 bits per heavy atom. The summed E-state index contributed by atoms with van der Waals surface area (Å²) in [5.74, 6) is 1.27. The molecule has 3 aliphatic rings. The second-order valence-electron chi connectivity index (χ2n) is 4.09. The smallest absolute Gasteiger partial charge is 0.309 e. The fraction of sp³-hybridized carbons (Fsp3) is 0.750. The van der Waals surface area contributed by atoms with Crippen LogP contribution in [0.2, 0.25) is 0 Å². The van der Waals surface area contributed by atoms with E-state index in [9.17, 15) is 4.79 Å². The van der Waals surface area contributed by atoms with Crippen molar-refractivity contribution in [1.82, 2.24) is 0 Å². The highest BCUT2D eigenvalue weighted by molar-refractivity contribution is 5.73. The zero-order valence-corrected chi connectivity index (χ0v) is 13.5. The van der Waals surface area contributed by atoms with Crippen LogP contribution in [-0.4, -0.2) is 24.2 Å². The maximum absolute atomic E-state index is 11.5. The van der Waals surface area contributed by atoms with Crippen molar-refractivity contribution in [3.05, 3.63) is 12.2 Å². The average Bonchev–Trinajstić information content (AvgIpc) is 2.53. The summed E-state index contributed by atoms with van der Waals surface area (Å²) in [6.45, 7) is 10.1. The maximum atomic E-state index is 11.5. The second-order valence-corrected chi connectivity index (χ2v) is 4.09. The van der Waals surface area contributed by atoms with Gasteiger partial charge in [-0.25, -0.2) is 0 Å². The lowest BCUT2D eigenvalue weighted by Crippen LogP contribution is -2.33. The van der Waals surface area contributed by atoms with Gasteiger partial charge >= 0.3 is 5.97 Å². The lowest BCUT2D eigenvalue weighted by atomic mass is 9.69. The van der Waals surface area contributed by atoms with Crippen LogP contribution in [-0.2, 0) is 14.3 Å². The van der Waals surface area contributed by atoms with Crippen molar-refractivity contribution >= 4 is 12.4 Å². The number of fused-ring (bicyclic) bond motifs is 2. The van der Waals surface area contributed by atoms with E-state index in [1.54, 1.807) is 0 Å². The third-order valence-electron chi connectivity index (χ3n) is 3.16. The van der Waals surface area contributed by atoms with E-state index in [1.165, 1.54) is 12.8 Å². The quantitative estimate of drug-likeness (QED) is 0.475. The lowest BCUT2D eigenvalue weighted by molar-refractivity contribution is -0.151. The minimum absolute atomic E-state index is 0.0153. The number of carbonyl (C=O) groups is 2. The van der Waals surface area contributed by atoms with Gasteiger partial charge in [-0.3, -0.25) is 9.59 Å². The summed E-state index contributed by atoms with van der Waals surface area (Å²) < 4.78 is 5.06. The predicted molar refractivity (Wildman–Crippen MR) is 81.5 cm³/mol. The first-order valence-electron chi connectivity index (χ1n) is 7.65. The molecule has 0 amide bonds. The number of ether oxygens (including phenoxy) is 1. The zero-order valence-electron chi connectivity index (χ0n) is 13.5. The van der Waals surface area contributed by atoms with Gasteiger partial charge in [0.1, 0.15) is 0 Å². The Hall–Kier alpha value is -1.32. The van der Waals surface area contributed by atoms with Crippen LogP contribution in [0.1, 0.15) is 53.9 Å². The highest BCUT2D eigenvalue weighted by Crippen LogP contribution is 2.40. The number of hydrogen-bond acceptors (Lipinski definition) is 3. The average molecular weight is 286 g/mol. The van der Waals surface area contributed by atoms with Crippen LogP contribution >= 0.6 is 0 Å². The molecule has 0 radical (unpaired) electrons. The molecule has 1 N–H and O–H groups in total. The van der Waals surface area contributed by atoms with Crippen LogP contribution in [0.25, 0.3) is 0 Å². The molecule has 3 unspecified atom stereocenters. The first-order chi connectivity index (χ1) is 9.72. The van der Waals surface area contributed by atoms with E-state index in [2.05, 4.69) is 12.2 Å². The van der Waals surface area contributed by atoms with Crippen LogP contribution in [0, 0.1) is 17.8 Å². The van der Waals surface area contributed by atoms with Gasteiger partial charge in [0.05, 0.1) is 12.5 Å². The van der Waals surface area contributed by atoms with E-state index >= 15 is 0 Å². The number of esters is 1. The van der Waals surface area contributed by atoms with Crippen molar-refractivity contribution in [2.24, 2.45) is 17.8 Å². The molecule has 3 atom stereocenters. The first-order valence-corrected chi connectivity index (χ1v) is 7.65. The molecule has 2 bridgehead atoms. The molecule has 0 spiro atoms. The molecule has 0 aromatic carbocycles. The number of allylic oxidation sites excluding steroid dienone is 2. The van der Waals surface area contributed by atoms with Crippen molar-refractivity contribution < 1.29 is 19.4 Å². The van der Waals surface area contributed by atoms with Crippen molar-refractivity contribution in [2.75, 3.05) is 6.61 Å². The van der Waals surface area contributed by atoms with E-state index < -0.39 is 0 Å². The molecule has 3 aliphatic carbocycles. The number of carboxylic acid groups (broad SMARTS) is 1. The highest BCUT2D eigenvalue weighted by Gasteiger charge is 2.36. The minimum atomic E-state index is -0.250. The topological polar surface area (TPSA) is 63.6 Å². The van der Waals surface area contributed by atoms with Crippen molar-refractivity contribution in [2.45, 2.75) is 53.9 Å². The lowest BCUT2D eigenvalue weighted by Gasteiger charge is -2.36. The monoisotopic (exact) mass is 286 g/mol. The fourth-order valence-electron chi connectivity index (χ4n) is 2.45. The SMILES string of the molecule is CC.CC.CCOC(=O)C1CC2C=CC1CC2.O=CO. The largest absolute Gasteiger partial charge is 0.483 e. The van der Waals surface area contributed by atoms with Gasteiger partial charge in [0.25, 0.3) is 6.47 Å². The van der Waals surface area contributed by atoms with Crippen molar-refractivity contribution in [1.29, 1.82) is 0 Å². The van der Waals surface area contributed by atoms with Crippen LogP contribution < -0.4 is 0 Å². The van der Waals surface area contributed by atoms with Gasteiger partial charge in [0.2, 0.25) is 0 Å². The Balaban J connectivity index is 0. The molecule has 118 valence electrons. The minimum Gasteiger partial charge on any atom is -0.483 e. The summed E-state index contributed by atoms with van der Waals surface area (Å²) in [7, 11) is 0. The molecule has 0 heterocycles. The Bertz CT molecular complexity index is 274. The standard InChI is InChI=1S/C11H16O2.2C2H6.CH2O2/c1-2-13-11(12)10-7-8-3-5-9(10)6-4-8;2*1-2;2-1-3/h3,5,8-10H,2,4,6-7H2,1H3;2*1-2H3;1H,(H,2,3). The van der Waals surface area contributed by atoms with E-state index in [1.807, 2.05) is 34.6 Å².